The molecule has 0 aliphatic rings. The fourth-order valence-corrected chi connectivity index (χ4v) is 10.0. The summed E-state index contributed by atoms with van der Waals surface area (Å²) in [6.45, 7) is 3.25. The highest BCUT2D eigenvalue weighted by molar-refractivity contribution is 7.91. The van der Waals surface area contributed by atoms with E-state index in [1.54, 1.807) is 126 Å². The molecule has 6 aromatic heterocycles. The molecule has 15 nitrogen and oxygen atoms in total. The molecule has 0 saturated carbocycles. The second-order valence-corrected chi connectivity index (χ2v) is 19.3. The Morgan fingerprint density at radius 2 is 1.32 bits per heavy atom. The number of H-pyrrole nitrogens is 1. The number of carbonyl (C=O) groups excluding carboxylic acids is 2. The zero-order chi connectivity index (χ0) is 43.4. The van der Waals surface area contributed by atoms with Crippen LogP contribution >= 0.6 is 11.3 Å². The maximum Gasteiger partial charge on any atom is 0.267 e. The normalized spacial score (nSPS) is 11.7. The van der Waals surface area contributed by atoms with Gasteiger partial charge < -0.3 is 15.6 Å². The first-order valence-corrected chi connectivity index (χ1v) is 23.1. The molecule has 0 aliphatic carbocycles. The molecule has 9 aromatic rings. The molecule has 3 aromatic carbocycles. The van der Waals surface area contributed by atoms with Crippen LogP contribution in [0.1, 0.15) is 44.6 Å². The molecule has 0 bridgehead atoms. The summed E-state index contributed by atoms with van der Waals surface area (Å²) in [5.41, 5.74) is 3.51. The molecule has 0 spiro atoms. The van der Waals surface area contributed by atoms with Gasteiger partial charge in [0.15, 0.2) is 0 Å². The van der Waals surface area contributed by atoms with Crippen molar-refractivity contribution in [3.63, 3.8) is 0 Å². The van der Waals surface area contributed by atoms with Gasteiger partial charge in [-0.3, -0.25) is 28.9 Å². The van der Waals surface area contributed by atoms with E-state index in [-0.39, 0.29) is 37.9 Å². The van der Waals surface area contributed by atoms with E-state index < -0.39 is 19.7 Å². The molecule has 0 atom stereocenters. The molecule has 9 rings (SSSR count). The molecule has 0 aliphatic heterocycles. The van der Waals surface area contributed by atoms with Gasteiger partial charge in [0.2, 0.25) is 19.7 Å². The first-order chi connectivity index (χ1) is 29.9. The number of amides is 2. The molecular formula is C44H39N9O6S3. The Labute approximate surface area is 360 Å². The number of aromatic amines is 1. The lowest BCUT2D eigenvalue weighted by atomic mass is 10.2. The van der Waals surface area contributed by atoms with Crippen molar-refractivity contribution in [3.05, 3.63) is 156 Å². The number of thiophene rings is 1. The summed E-state index contributed by atoms with van der Waals surface area (Å²) in [5.74, 6) is -0.419. The Balaban J connectivity index is 0.000000171. The van der Waals surface area contributed by atoms with Crippen LogP contribution in [0.25, 0.3) is 31.9 Å². The van der Waals surface area contributed by atoms with Gasteiger partial charge in [0, 0.05) is 80.2 Å². The SMILES string of the molecule is CCCn1cc(S(=O)(=O)c2ccc(CNC(=O)c3cc4cnccc4[nH]3)cc2)cn1.Cn1cc2ccc(S(=O)(=O)c3ccc(CNC(=O)c4cc5ccncc5s4)cc3)cc2n1. The summed E-state index contributed by atoms with van der Waals surface area (Å²) < 4.78 is 55.8. The van der Waals surface area contributed by atoms with E-state index in [0.717, 1.165) is 43.9 Å². The maximum absolute atomic E-state index is 13.0. The highest BCUT2D eigenvalue weighted by atomic mass is 32.2. The third kappa shape index (κ3) is 9.02. The molecule has 0 unspecified atom stereocenters. The highest BCUT2D eigenvalue weighted by Gasteiger charge is 2.21. The van der Waals surface area contributed by atoms with E-state index in [1.807, 2.05) is 25.3 Å². The van der Waals surface area contributed by atoms with Gasteiger partial charge in [-0.2, -0.15) is 10.2 Å². The number of fused-ring (bicyclic) bond motifs is 3. The summed E-state index contributed by atoms with van der Waals surface area (Å²) in [6, 6.07) is 25.2. The molecule has 62 heavy (non-hydrogen) atoms. The van der Waals surface area contributed by atoms with Crippen LogP contribution in [0, 0.1) is 0 Å². The van der Waals surface area contributed by atoms with E-state index in [1.165, 1.54) is 17.5 Å². The van der Waals surface area contributed by atoms with Crippen LogP contribution in [-0.4, -0.2) is 63.2 Å². The van der Waals surface area contributed by atoms with Gasteiger partial charge in [0.05, 0.1) is 36.0 Å². The average Bonchev–Trinajstić information content (AvgIpc) is 4.10. The minimum atomic E-state index is -3.67. The Hall–Kier alpha value is -7.02. The van der Waals surface area contributed by atoms with Crippen molar-refractivity contribution < 1.29 is 26.4 Å². The predicted molar refractivity (Wildman–Crippen MR) is 235 cm³/mol. The Bertz CT molecular complexity index is 3230. The van der Waals surface area contributed by atoms with E-state index in [4.69, 9.17) is 0 Å². The first-order valence-electron chi connectivity index (χ1n) is 19.3. The minimum Gasteiger partial charge on any atom is -0.350 e. The third-order valence-corrected chi connectivity index (χ3v) is 14.4. The minimum absolute atomic E-state index is 0.172. The van der Waals surface area contributed by atoms with Crippen molar-refractivity contribution in [1.82, 2.24) is 45.1 Å². The van der Waals surface area contributed by atoms with Crippen LogP contribution in [0.2, 0.25) is 0 Å². The van der Waals surface area contributed by atoms with Crippen LogP contribution in [0.4, 0.5) is 0 Å². The Kier molecular flexibility index (Phi) is 11.8. The number of carbonyl (C=O) groups is 2. The summed E-state index contributed by atoms with van der Waals surface area (Å²) in [4.78, 5) is 37.4. The third-order valence-electron chi connectivity index (χ3n) is 9.86. The van der Waals surface area contributed by atoms with Gasteiger partial charge >= 0.3 is 0 Å². The largest absolute Gasteiger partial charge is 0.350 e. The number of benzene rings is 3. The van der Waals surface area contributed by atoms with Crippen molar-refractivity contribution >= 4 is 74.7 Å². The number of rotatable bonds is 12. The second kappa shape index (κ2) is 17.5. The number of nitrogens with one attached hydrogen (secondary N) is 3. The number of nitrogens with zero attached hydrogens (tertiary/aromatic N) is 6. The quantitative estimate of drug-likeness (QED) is 0.116. The van der Waals surface area contributed by atoms with Crippen LogP contribution in [0.15, 0.2) is 154 Å². The maximum atomic E-state index is 13.0. The fourth-order valence-electron chi connectivity index (χ4n) is 6.60. The van der Waals surface area contributed by atoms with Crippen molar-refractivity contribution in [2.75, 3.05) is 0 Å². The zero-order valence-corrected chi connectivity index (χ0v) is 35.8. The lowest BCUT2D eigenvalue weighted by Crippen LogP contribution is -2.23. The lowest BCUT2D eigenvalue weighted by molar-refractivity contribution is 0.0942. The average molecular weight is 886 g/mol. The monoisotopic (exact) mass is 885 g/mol. The molecule has 6 heterocycles. The molecule has 314 valence electrons. The number of aryl methyl sites for hydroxylation is 2. The molecule has 0 fully saturated rings. The smallest absolute Gasteiger partial charge is 0.267 e. The molecule has 3 N–H and O–H groups in total. The van der Waals surface area contributed by atoms with E-state index >= 15 is 0 Å². The van der Waals surface area contributed by atoms with Gasteiger partial charge in [0.1, 0.15) is 10.6 Å². The summed E-state index contributed by atoms with van der Waals surface area (Å²) in [6.07, 6.45) is 12.4. The van der Waals surface area contributed by atoms with Gasteiger partial charge in [-0.15, -0.1) is 11.3 Å². The van der Waals surface area contributed by atoms with E-state index in [2.05, 4.69) is 35.8 Å². The summed E-state index contributed by atoms with van der Waals surface area (Å²) in [5, 5.41) is 16.8. The van der Waals surface area contributed by atoms with Gasteiger partial charge in [0.25, 0.3) is 11.8 Å². The predicted octanol–water partition coefficient (Wildman–Crippen LogP) is 6.88. The highest BCUT2D eigenvalue weighted by Crippen LogP contribution is 2.26. The van der Waals surface area contributed by atoms with Crippen LogP contribution < -0.4 is 10.6 Å². The molecular weight excluding hydrogens is 847 g/mol. The Morgan fingerprint density at radius 1 is 0.677 bits per heavy atom. The summed E-state index contributed by atoms with van der Waals surface area (Å²) >= 11 is 1.39. The molecule has 18 heteroatoms. The van der Waals surface area contributed by atoms with Crippen molar-refractivity contribution in [1.29, 1.82) is 0 Å². The molecule has 0 saturated heterocycles. The van der Waals surface area contributed by atoms with Crippen molar-refractivity contribution in [2.45, 2.75) is 52.6 Å². The number of aromatic nitrogens is 7. The van der Waals surface area contributed by atoms with Crippen molar-refractivity contribution in [3.8, 4) is 0 Å². The molecule has 2 amide bonds. The van der Waals surface area contributed by atoms with Crippen LogP contribution in [0.3, 0.4) is 0 Å². The number of hydrogen-bond donors (Lipinski definition) is 3. The topological polar surface area (TPSA) is 204 Å². The van der Waals surface area contributed by atoms with Crippen LogP contribution in [-0.2, 0) is 46.4 Å². The fraction of sp³-hybridized carbons (Fsp3) is 0.136. The lowest BCUT2D eigenvalue weighted by Gasteiger charge is -2.07. The van der Waals surface area contributed by atoms with Gasteiger partial charge in [-0.1, -0.05) is 31.2 Å². The number of pyridine rings is 2. The van der Waals surface area contributed by atoms with E-state index in [0.29, 0.717) is 29.2 Å². The van der Waals surface area contributed by atoms with Crippen molar-refractivity contribution in [2.24, 2.45) is 7.05 Å². The first kappa shape index (κ1) is 41.7. The Morgan fingerprint density at radius 3 is 2.00 bits per heavy atom. The standard InChI is InChI=1S/C23H18N4O3S2.C21H21N5O3S/c1-27-14-17-4-7-19(11-20(17)26-27)32(29,30)18-5-2-15(3-6-18)12-25-23(28)21-10-16-8-9-24-13-22(16)31-21;1-2-9-26-14-18(13-24-26)30(28,29)17-5-3-15(4-6-17)11-23-21(27)20-10-16-12-22-8-7-19(16)25-20/h2-11,13-14H,12H2,1H3,(H,25,28);3-8,10,12-14,25H,2,9,11H2,1H3,(H,23,27). The molecule has 0 radical (unpaired) electrons. The number of sulfone groups is 2. The zero-order valence-electron chi connectivity index (χ0n) is 33.4. The van der Waals surface area contributed by atoms with Gasteiger partial charge in [-0.05, 0) is 89.7 Å². The van der Waals surface area contributed by atoms with E-state index in [9.17, 15) is 26.4 Å². The van der Waals surface area contributed by atoms with Crippen LogP contribution in [0.5, 0.6) is 0 Å². The second-order valence-electron chi connectivity index (χ2n) is 14.3. The van der Waals surface area contributed by atoms with Gasteiger partial charge in [-0.25, -0.2) is 16.8 Å². The number of hydrogen-bond acceptors (Lipinski definition) is 11. The summed E-state index contributed by atoms with van der Waals surface area (Å²) in [7, 11) is -5.50.